The molecule has 1 spiro atoms. The molecule has 6 heteroatoms. The van der Waals surface area contributed by atoms with Gasteiger partial charge in [0.15, 0.2) is 0 Å². The first-order chi connectivity index (χ1) is 13.0. The van der Waals surface area contributed by atoms with Crippen LogP contribution in [0.2, 0.25) is 0 Å². The molecule has 0 radical (unpaired) electrons. The van der Waals surface area contributed by atoms with Crippen molar-refractivity contribution in [1.82, 2.24) is 10.6 Å². The summed E-state index contributed by atoms with van der Waals surface area (Å²) in [4.78, 5) is 35.9. The largest absolute Gasteiger partial charge is 0.366 e. The Balaban J connectivity index is 1.74. The fraction of sp³-hybridized carbons (Fsp3) is 0.286. The Kier molecular flexibility index (Phi) is 4.18. The highest BCUT2D eigenvalue weighted by atomic mass is 16.2. The summed E-state index contributed by atoms with van der Waals surface area (Å²) in [5.41, 5.74) is 8.06. The van der Waals surface area contributed by atoms with E-state index in [9.17, 15) is 14.4 Å². The molecule has 27 heavy (non-hydrogen) atoms. The molecular formula is C21H21N3O3. The topological polar surface area (TPSA) is 101 Å². The third-order valence-corrected chi connectivity index (χ3v) is 5.73. The standard InChI is InChI=1S/C21H21N3O3/c22-18(25)14-8-9-17(13-5-2-1-3-6-13)15(11-14)12-16-7-4-10-21(16)19(26)23-20(27)24-21/h1-3,5-6,8-9,11,16H,4,7,10,12H2,(H2,22,25)(H2,23,24,26,27). The average molecular weight is 363 g/mol. The van der Waals surface area contributed by atoms with E-state index in [2.05, 4.69) is 10.6 Å². The van der Waals surface area contributed by atoms with Crippen LogP contribution < -0.4 is 16.4 Å². The summed E-state index contributed by atoms with van der Waals surface area (Å²) in [5, 5.41) is 5.23. The quantitative estimate of drug-likeness (QED) is 0.727. The Morgan fingerprint density at radius 2 is 1.93 bits per heavy atom. The smallest absolute Gasteiger partial charge is 0.322 e. The van der Waals surface area contributed by atoms with Gasteiger partial charge in [0, 0.05) is 5.56 Å². The number of amides is 4. The molecule has 138 valence electrons. The minimum absolute atomic E-state index is 0.0328. The summed E-state index contributed by atoms with van der Waals surface area (Å²) in [6, 6.07) is 14.9. The zero-order chi connectivity index (χ0) is 19.0. The molecule has 0 aromatic heterocycles. The van der Waals surface area contributed by atoms with Crippen molar-refractivity contribution < 1.29 is 14.4 Å². The predicted molar refractivity (Wildman–Crippen MR) is 101 cm³/mol. The number of urea groups is 1. The van der Waals surface area contributed by atoms with Gasteiger partial charge < -0.3 is 11.1 Å². The molecule has 2 aromatic carbocycles. The molecule has 2 aliphatic rings. The number of benzene rings is 2. The van der Waals surface area contributed by atoms with Crippen LogP contribution in [0.15, 0.2) is 48.5 Å². The van der Waals surface area contributed by atoms with Gasteiger partial charge in [0.05, 0.1) is 0 Å². The number of nitrogens with two attached hydrogens (primary N) is 1. The number of carbonyl (C=O) groups excluding carboxylic acids is 3. The lowest BCUT2D eigenvalue weighted by Crippen LogP contribution is -2.50. The van der Waals surface area contributed by atoms with Crippen LogP contribution in [-0.2, 0) is 11.2 Å². The molecule has 4 rings (SSSR count). The highest BCUT2D eigenvalue weighted by Gasteiger charge is 2.54. The van der Waals surface area contributed by atoms with E-state index < -0.39 is 17.5 Å². The summed E-state index contributed by atoms with van der Waals surface area (Å²) >= 11 is 0. The van der Waals surface area contributed by atoms with Crippen LogP contribution in [0, 0.1) is 5.92 Å². The molecule has 1 aliphatic carbocycles. The zero-order valence-electron chi connectivity index (χ0n) is 14.8. The van der Waals surface area contributed by atoms with Crippen molar-refractivity contribution in [2.24, 2.45) is 11.7 Å². The second kappa shape index (κ2) is 6.54. The van der Waals surface area contributed by atoms with Crippen molar-refractivity contribution in [3.05, 3.63) is 59.7 Å². The summed E-state index contributed by atoms with van der Waals surface area (Å²) in [5.74, 6) is -0.763. The molecule has 2 fully saturated rings. The van der Waals surface area contributed by atoms with Gasteiger partial charge in [-0.15, -0.1) is 0 Å². The van der Waals surface area contributed by atoms with E-state index in [1.807, 2.05) is 42.5 Å². The van der Waals surface area contributed by atoms with E-state index >= 15 is 0 Å². The minimum atomic E-state index is -0.853. The Morgan fingerprint density at radius 1 is 1.15 bits per heavy atom. The lowest BCUT2D eigenvalue weighted by atomic mass is 9.80. The van der Waals surface area contributed by atoms with Crippen LogP contribution in [0.4, 0.5) is 4.79 Å². The number of nitrogens with one attached hydrogen (secondary N) is 2. The van der Waals surface area contributed by atoms with Crippen LogP contribution in [0.1, 0.15) is 35.2 Å². The van der Waals surface area contributed by atoms with Crippen molar-refractivity contribution in [2.45, 2.75) is 31.2 Å². The summed E-state index contributed by atoms with van der Waals surface area (Å²) in [7, 11) is 0. The number of hydrogen-bond acceptors (Lipinski definition) is 3. The maximum Gasteiger partial charge on any atom is 0.322 e. The Labute approximate surface area is 157 Å². The molecule has 2 unspecified atom stereocenters. The van der Waals surface area contributed by atoms with Gasteiger partial charge in [0.2, 0.25) is 5.91 Å². The first kappa shape index (κ1) is 17.3. The van der Waals surface area contributed by atoms with Gasteiger partial charge in [-0.1, -0.05) is 42.8 Å². The van der Waals surface area contributed by atoms with E-state index in [1.165, 1.54) is 0 Å². The molecule has 1 aliphatic heterocycles. The highest BCUT2D eigenvalue weighted by Crippen LogP contribution is 2.41. The Morgan fingerprint density at radius 3 is 2.59 bits per heavy atom. The van der Waals surface area contributed by atoms with Crippen molar-refractivity contribution in [1.29, 1.82) is 0 Å². The van der Waals surface area contributed by atoms with Crippen LogP contribution >= 0.6 is 0 Å². The molecule has 1 saturated carbocycles. The molecule has 2 atom stereocenters. The van der Waals surface area contributed by atoms with Crippen molar-refractivity contribution in [3.8, 4) is 11.1 Å². The lowest BCUT2D eigenvalue weighted by molar-refractivity contribution is -0.125. The number of primary amides is 1. The SMILES string of the molecule is NC(=O)c1ccc(-c2ccccc2)c(CC2CCCC23NC(=O)NC3=O)c1. The molecular weight excluding hydrogens is 342 g/mol. The molecule has 1 saturated heterocycles. The third kappa shape index (κ3) is 2.97. The van der Waals surface area contributed by atoms with Gasteiger partial charge in [-0.2, -0.15) is 0 Å². The molecule has 0 bridgehead atoms. The average Bonchev–Trinajstić information content (AvgIpc) is 3.18. The second-order valence-corrected chi connectivity index (χ2v) is 7.28. The Bertz CT molecular complexity index is 926. The second-order valence-electron chi connectivity index (χ2n) is 7.28. The van der Waals surface area contributed by atoms with Gasteiger partial charge in [0.25, 0.3) is 5.91 Å². The highest BCUT2D eigenvalue weighted by molar-refractivity contribution is 6.07. The van der Waals surface area contributed by atoms with E-state index in [0.717, 1.165) is 29.5 Å². The predicted octanol–water partition coefficient (Wildman–Crippen LogP) is 2.37. The van der Waals surface area contributed by atoms with E-state index in [1.54, 1.807) is 6.07 Å². The third-order valence-electron chi connectivity index (χ3n) is 5.73. The molecule has 4 N–H and O–H groups in total. The van der Waals surface area contributed by atoms with Gasteiger partial charge in [-0.3, -0.25) is 14.9 Å². The summed E-state index contributed by atoms with van der Waals surface area (Å²) in [6.45, 7) is 0. The summed E-state index contributed by atoms with van der Waals surface area (Å²) in [6.07, 6.45) is 2.92. The lowest BCUT2D eigenvalue weighted by Gasteiger charge is -2.29. The van der Waals surface area contributed by atoms with Crippen LogP contribution in [0.25, 0.3) is 11.1 Å². The van der Waals surface area contributed by atoms with E-state index in [0.29, 0.717) is 18.4 Å². The summed E-state index contributed by atoms with van der Waals surface area (Å²) < 4.78 is 0. The molecule has 1 heterocycles. The maximum atomic E-state index is 12.5. The zero-order valence-corrected chi connectivity index (χ0v) is 14.8. The number of carbonyl (C=O) groups is 3. The first-order valence-electron chi connectivity index (χ1n) is 9.11. The van der Waals surface area contributed by atoms with Gasteiger partial charge in [0.1, 0.15) is 5.54 Å². The fourth-order valence-corrected chi connectivity index (χ4v) is 4.40. The molecule has 4 amide bonds. The first-order valence-corrected chi connectivity index (χ1v) is 9.11. The maximum absolute atomic E-state index is 12.5. The van der Waals surface area contributed by atoms with E-state index in [-0.39, 0.29) is 11.8 Å². The minimum Gasteiger partial charge on any atom is -0.366 e. The van der Waals surface area contributed by atoms with Crippen molar-refractivity contribution in [2.75, 3.05) is 0 Å². The van der Waals surface area contributed by atoms with E-state index in [4.69, 9.17) is 5.73 Å². The van der Waals surface area contributed by atoms with Gasteiger partial charge in [-0.05, 0) is 54.0 Å². The molecule has 6 nitrogen and oxygen atoms in total. The normalized spacial score (nSPS) is 24.1. The van der Waals surface area contributed by atoms with Crippen molar-refractivity contribution in [3.63, 3.8) is 0 Å². The van der Waals surface area contributed by atoms with Crippen LogP contribution in [0.5, 0.6) is 0 Å². The monoisotopic (exact) mass is 363 g/mol. The number of hydrogen-bond donors (Lipinski definition) is 3. The van der Waals surface area contributed by atoms with Gasteiger partial charge in [-0.25, -0.2) is 4.79 Å². The fourth-order valence-electron chi connectivity index (χ4n) is 4.40. The Hall–Kier alpha value is -3.15. The number of rotatable bonds is 4. The van der Waals surface area contributed by atoms with Gasteiger partial charge >= 0.3 is 6.03 Å². The molecule has 2 aromatic rings. The number of imide groups is 1. The van der Waals surface area contributed by atoms with Crippen LogP contribution in [0.3, 0.4) is 0 Å². The van der Waals surface area contributed by atoms with Crippen molar-refractivity contribution >= 4 is 17.8 Å². The van der Waals surface area contributed by atoms with Crippen LogP contribution in [-0.4, -0.2) is 23.4 Å².